The Balaban J connectivity index is 1.98. The van der Waals surface area contributed by atoms with Crippen molar-refractivity contribution >= 4 is 0 Å². The maximum Gasteiger partial charge on any atom is 0.165 e. The van der Waals surface area contributed by atoms with Gasteiger partial charge in [-0.3, -0.25) is 0 Å². The van der Waals surface area contributed by atoms with E-state index in [2.05, 4.69) is 34.7 Å². The highest BCUT2D eigenvalue weighted by Gasteiger charge is 2.23. The molecule has 0 bridgehead atoms. The van der Waals surface area contributed by atoms with E-state index in [4.69, 9.17) is 0 Å². The minimum atomic E-state index is 0.474. The first-order valence-corrected chi connectivity index (χ1v) is 5.27. The average molecular weight is 195 g/mol. The van der Waals surface area contributed by atoms with E-state index in [0.29, 0.717) is 12.1 Å². The SMILES string of the molecule is CC(C)NCc1nnnn1C1CCC1. The quantitative estimate of drug-likeness (QED) is 0.775. The Labute approximate surface area is 83.9 Å². The van der Waals surface area contributed by atoms with Crippen molar-refractivity contribution in [2.24, 2.45) is 0 Å². The summed E-state index contributed by atoms with van der Waals surface area (Å²) in [6.07, 6.45) is 3.75. The lowest BCUT2D eigenvalue weighted by Gasteiger charge is -2.25. The van der Waals surface area contributed by atoms with Crippen molar-refractivity contribution in [2.75, 3.05) is 0 Å². The summed E-state index contributed by atoms with van der Waals surface area (Å²) in [5.74, 6) is 0.961. The van der Waals surface area contributed by atoms with Gasteiger partial charge in [-0.2, -0.15) is 0 Å². The zero-order chi connectivity index (χ0) is 9.97. The van der Waals surface area contributed by atoms with Crippen LogP contribution in [0, 0.1) is 0 Å². The molecule has 1 aliphatic rings. The van der Waals surface area contributed by atoms with Crippen LogP contribution in [0.25, 0.3) is 0 Å². The number of rotatable bonds is 4. The Hall–Kier alpha value is -0.970. The molecule has 0 aromatic carbocycles. The second kappa shape index (κ2) is 4.04. The van der Waals surface area contributed by atoms with E-state index < -0.39 is 0 Å². The standard InChI is InChI=1S/C9H17N5/c1-7(2)10-6-9-11-12-13-14(9)8-4-3-5-8/h7-8,10H,3-6H2,1-2H3. The largest absolute Gasteiger partial charge is 0.308 e. The summed E-state index contributed by atoms with van der Waals surface area (Å²) >= 11 is 0. The lowest BCUT2D eigenvalue weighted by Crippen LogP contribution is -2.27. The van der Waals surface area contributed by atoms with Crippen LogP contribution >= 0.6 is 0 Å². The van der Waals surface area contributed by atoms with Crippen molar-refractivity contribution in [3.8, 4) is 0 Å². The first-order valence-electron chi connectivity index (χ1n) is 5.27. The molecule has 2 rings (SSSR count). The van der Waals surface area contributed by atoms with Crippen LogP contribution in [0.3, 0.4) is 0 Å². The molecule has 0 saturated heterocycles. The predicted octanol–water partition coefficient (Wildman–Crippen LogP) is 0.896. The predicted molar refractivity (Wildman–Crippen MR) is 52.7 cm³/mol. The molecule has 0 spiro atoms. The Morgan fingerprint density at radius 3 is 2.86 bits per heavy atom. The molecule has 1 aromatic rings. The summed E-state index contributed by atoms with van der Waals surface area (Å²) < 4.78 is 1.97. The van der Waals surface area contributed by atoms with Crippen molar-refractivity contribution in [3.63, 3.8) is 0 Å². The van der Waals surface area contributed by atoms with E-state index in [1.165, 1.54) is 19.3 Å². The molecule has 5 nitrogen and oxygen atoms in total. The van der Waals surface area contributed by atoms with Gasteiger partial charge in [0.25, 0.3) is 0 Å². The lowest BCUT2D eigenvalue weighted by atomic mass is 9.93. The molecule has 1 fully saturated rings. The van der Waals surface area contributed by atoms with Gasteiger partial charge >= 0.3 is 0 Å². The van der Waals surface area contributed by atoms with Crippen LogP contribution < -0.4 is 5.32 Å². The summed E-state index contributed by atoms with van der Waals surface area (Å²) in [7, 11) is 0. The molecule has 1 saturated carbocycles. The number of aromatic nitrogens is 4. The Morgan fingerprint density at radius 1 is 1.50 bits per heavy atom. The van der Waals surface area contributed by atoms with Gasteiger partial charge in [-0.15, -0.1) is 5.10 Å². The monoisotopic (exact) mass is 195 g/mol. The van der Waals surface area contributed by atoms with Gasteiger partial charge in [-0.05, 0) is 29.7 Å². The van der Waals surface area contributed by atoms with Gasteiger partial charge in [-0.25, -0.2) is 4.68 Å². The second-order valence-corrected chi connectivity index (χ2v) is 4.16. The van der Waals surface area contributed by atoms with E-state index in [-0.39, 0.29) is 0 Å². The summed E-state index contributed by atoms with van der Waals surface area (Å²) in [5.41, 5.74) is 0. The maximum atomic E-state index is 4.03. The molecular formula is C9H17N5. The second-order valence-electron chi connectivity index (χ2n) is 4.16. The summed E-state index contributed by atoms with van der Waals surface area (Å²) in [6.45, 7) is 5.01. The van der Waals surface area contributed by atoms with E-state index >= 15 is 0 Å². The van der Waals surface area contributed by atoms with E-state index in [1.807, 2.05) is 4.68 Å². The van der Waals surface area contributed by atoms with Crippen LogP contribution in [0.4, 0.5) is 0 Å². The molecule has 14 heavy (non-hydrogen) atoms. The van der Waals surface area contributed by atoms with Crippen LogP contribution in [-0.4, -0.2) is 26.2 Å². The van der Waals surface area contributed by atoms with Crippen LogP contribution in [0.15, 0.2) is 0 Å². The normalized spacial score (nSPS) is 17.4. The van der Waals surface area contributed by atoms with Gasteiger partial charge < -0.3 is 5.32 Å². The maximum absolute atomic E-state index is 4.03. The van der Waals surface area contributed by atoms with Gasteiger partial charge in [0.15, 0.2) is 5.82 Å². The minimum Gasteiger partial charge on any atom is -0.308 e. The fraction of sp³-hybridized carbons (Fsp3) is 0.889. The van der Waals surface area contributed by atoms with Gasteiger partial charge in [0.05, 0.1) is 12.6 Å². The van der Waals surface area contributed by atoms with Gasteiger partial charge in [-0.1, -0.05) is 13.8 Å². The highest BCUT2D eigenvalue weighted by molar-refractivity contribution is 4.87. The number of nitrogens with zero attached hydrogens (tertiary/aromatic N) is 4. The molecule has 1 N–H and O–H groups in total. The smallest absolute Gasteiger partial charge is 0.165 e. The average Bonchev–Trinajstić information content (AvgIpc) is 2.46. The molecule has 0 amide bonds. The third kappa shape index (κ3) is 1.92. The summed E-state index contributed by atoms with van der Waals surface area (Å²) in [6, 6.07) is 1.02. The van der Waals surface area contributed by atoms with E-state index in [0.717, 1.165) is 12.4 Å². The topological polar surface area (TPSA) is 55.6 Å². The van der Waals surface area contributed by atoms with E-state index in [1.54, 1.807) is 0 Å². The highest BCUT2D eigenvalue weighted by Crippen LogP contribution is 2.30. The van der Waals surface area contributed by atoms with Crippen LogP contribution in [-0.2, 0) is 6.54 Å². The number of hydrogen-bond acceptors (Lipinski definition) is 4. The number of tetrazole rings is 1. The Bertz CT molecular complexity index is 289. The molecule has 0 aliphatic heterocycles. The van der Waals surface area contributed by atoms with Crippen LogP contribution in [0.5, 0.6) is 0 Å². The number of hydrogen-bond donors (Lipinski definition) is 1. The van der Waals surface area contributed by atoms with Crippen molar-refractivity contribution in [2.45, 2.75) is 51.7 Å². The van der Waals surface area contributed by atoms with Crippen molar-refractivity contribution in [1.29, 1.82) is 0 Å². The molecule has 1 aliphatic carbocycles. The number of nitrogens with one attached hydrogen (secondary N) is 1. The minimum absolute atomic E-state index is 0.474. The van der Waals surface area contributed by atoms with Gasteiger partial charge in [0, 0.05) is 6.04 Å². The van der Waals surface area contributed by atoms with Crippen LogP contribution in [0.2, 0.25) is 0 Å². The summed E-state index contributed by atoms with van der Waals surface area (Å²) in [4.78, 5) is 0. The van der Waals surface area contributed by atoms with Gasteiger partial charge in [0.2, 0.25) is 0 Å². The van der Waals surface area contributed by atoms with E-state index in [9.17, 15) is 0 Å². The first-order chi connectivity index (χ1) is 6.77. The molecule has 0 atom stereocenters. The highest BCUT2D eigenvalue weighted by atomic mass is 15.6. The van der Waals surface area contributed by atoms with Gasteiger partial charge in [0.1, 0.15) is 0 Å². The third-order valence-corrected chi connectivity index (χ3v) is 2.65. The molecule has 1 aromatic heterocycles. The fourth-order valence-electron chi connectivity index (χ4n) is 1.54. The molecular weight excluding hydrogens is 178 g/mol. The zero-order valence-corrected chi connectivity index (χ0v) is 8.77. The third-order valence-electron chi connectivity index (χ3n) is 2.65. The zero-order valence-electron chi connectivity index (χ0n) is 8.77. The first kappa shape index (κ1) is 9.58. The Kier molecular flexibility index (Phi) is 2.77. The molecule has 0 unspecified atom stereocenters. The van der Waals surface area contributed by atoms with Crippen molar-refractivity contribution in [3.05, 3.63) is 5.82 Å². The molecule has 5 heteroatoms. The lowest BCUT2D eigenvalue weighted by molar-refractivity contribution is 0.275. The molecule has 78 valence electrons. The fourth-order valence-corrected chi connectivity index (χ4v) is 1.54. The van der Waals surface area contributed by atoms with Crippen molar-refractivity contribution < 1.29 is 0 Å². The summed E-state index contributed by atoms with van der Waals surface area (Å²) in [5, 5.41) is 15.1. The Morgan fingerprint density at radius 2 is 2.29 bits per heavy atom. The van der Waals surface area contributed by atoms with Crippen molar-refractivity contribution in [1.82, 2.24) is 25.5 Å². The molecule has 1 heterocycles. The molecule has 0 radical (unpaired) electrons. The van der Waals surface area contributed by atoms with Crippen LogP contribution in [0.1, 0.15) is 45.0 Å².